The Morgan fingerprint density at radius 3 is 2.17 bits per heavy atom. The van der Waals surface area contributed by atoms with Gasteiger partial charge in [0.1, 0.15) is 11.3 Å². The molecule has 0 heterocycles. The number of anilines is 1. The second kappa shape index (κ2) is 7.98. The summed E-state index contributed by atoms with van der Waals surface area (Å²) in [6, 6.07) is 6.33. The molecule has 1 aromatic carbocycles. The molecule has 23 heavy (non-hydrogen) atoms. The van der Waals surface area contributed by atoms with Crippen molar-refractivity contribution in [2.75, 3.05) is 19.1 Å². The Morgan fingerprint density at radius 1 is 1.22 bits per heavy atom. The summed E-state index contributed by atoms with van der Waals surface area (Å²) in [5.41, 5.74) is 0.00858. The smallest absolute Gasteiger partial charge is 0.342 e. The first-order chi connectivity index (χ1) is 10.8. The minimum Gasteiger partial charge on any atom is -0.497 e. The van der Waals surface area contributed by atoms with Crippen LogP contribution in [0.1, 0.15) is 13.8 Å². The van der Waals surface area contributed by atoms with Crippen molar-refractivity contribution in [1.82, 2.24) is 4.90 Å². The first-order valence-corrected chi connectivity index (χ1v) is 6.91. The van der Waals surface area contributed by atoms with E-state index in [1.165, 1.54) is 19.1 Å². The number of carboxylic acids is 1. The van der Waals surface area contributed by atoms with Crippen LogP contribution in [-0.4, -0.2) is 48.5 Å². The minimum atomic E-state index is -1.40. The highest BCUT2D eigenvalue weighted by atomic mass is 16.5. The van der Waals surface area contributed by atoms with E-state index in [1.807, 2.05) is 0 Å². The fraction of sp³-hybridized carbons (Fsp3) is 0.312. The van der Waals surface area contributed by atoms with Gasteiger partial charge in [0.15, 0.2) is 0 Å². The van der Waals surface area contributed by atoms with Gasteiger partial charge in [0.05, 0.1) is 7.11 Å². The van der Waals surface area contributed by atoms with Crippen molar-refractivity contribution in [2.45, 2.75) is 19.9 Å². The zero-order chi connectivity index (χ0) is 17.6. The number of nitrogens with zero attached hydrogens (tertiary/aromatic N) is 2. The molecule has 2 amide bonds. The molecule has 0 aliphatic heterocycles. The van der Waals surface area contributed by atoms with Gasteiger partial charge in [0.2, 0.25) is 6.41 Å². The van der Waals surface area contributed by atoms with Crippen molar-refractivity contribution in [1.29, 1.82) is 0 Å². The SMILES string of the molecule is COc1ccc(N(C)C(=O)/C(=C\N(C=O)C(C)C)C(=O)O)cc1. The summed E-state index contributed by atoms with van der Waals surface area (Å²) in [5, 5.41) is 9.27. The van der Waals surface area contributed by atoms with E-state index in [2.05, 4.69) is 0 Å². The van der Waals surface area contributed by atoms with E-state index < -0.39 is 17.4 Å². The van der Waals surface area contributed by atoms with Gasteiger partial charge in [-0.1, -0.05) is 0 Å². The van der Waals surface area contributed by atoms with E-state index in [0.717, 1.165) is 11.1 Å². The lowest BCUT2D eigenvalue weighted by Crippen LogP contribution is -2.33. The lowest BCUT2D eigenvalue weighted by Gasteiger charge is -2.21. The van der Waals surface area contributed by atoms with E-state index in [9.17, 15) is 19.5 Å². The molecule has 0 aliphatic rings. The molecule has 0 aromatic heterocycles. The van der Waals surface area contributed by atoms with Gasteiger partial charge < -0.3 is 19.6 Å². The summed E-state index contributed by atoms with van der Waals surface area (Å²) in [5.74, 6) is -1.51. The molecule has 1 rings (SSSR count). The monoisotopic (exact) mass is 320 g/mol. The van der Waals surface area contributed by atoms with Crippen molar-refractivity contribution in [3.63, 3.8) is 0 Å². The van der Waals surface area contributed by atoms with Gasteiger partial charge in [0, 0.05) is 25.0 Å². The third kappa shape index (κ3) is 4.57. The first-order valence-electron chi connectivity index (χ1n) is 6.91. The quantitative estimate of drug-likeness (QED) is 0.356. The Kier molecular flexibility index (Phi) is 6.32. The normalized spacial score (nSPS) is 11.1. The van der Waals surface area contributed by atoms with Crippen LogP contribution in [0, 0.1) is 0 Å². The lowest BCUT2D eigenvalue weighted by atomic mass is 10.2. The molecule has 1 N–H and O–H groups in total. The molecule has 0 atom stereocenters. The van der Waals surface area contributed by atoms with E-state index in [0.29, 0.717) is 17.8 Å². The van der Waals surface area contributed by atoms with Crippen LogP contribution in [0.25, 0.3) is 0 Å². The number of amides is 2. The number of hydrogen-bond acceptors (Lipinski definition) is 4. The van der Waals surface area contributed by atoms with Gasteiger partial charge in [-0.2, -0.15) is 0 Å². The second-order valence-corrected chi connectivity index (χ2v) is 5.06. The Bertz CT molecular complexity index is 607. The zero-order valence-corrected chi connectivity index (χ0v) is 13.5. The number of aliphatic carboxylic acids is 1. The number of hydrogen-bond donors (Lipinski definition) is 1. The number of carboxylic acid groups (broad SMARTS) is 1. The summed E-state index contributed by atoms with van der Waals surface area (Å²) in [4.78, 5) is 37.1. The van der Waals surface area contributed by atoms with Gasteiger partial charge in [-0.05, 0) is 38.1 Å². The maximum absolute atomic E-state index is 12.4. The first kappa shape index (κ1) is 18.2. The van der Waals surface area contributed by atoms with Gasteiger partial charge in [-0.25, -0.2) is 4.79 Å². The topological polar surface area (TPSA) is 87.2 Å². The van der Waals surface area contributed by atoms with Crippen LogP contribution in [0.2, 0.25) is 0 Å². The summed E-state index contributed by atoms with van der Waals surface area (Å²) in [7, 11) is 2.98. The Hall–Kier alpha value is -2.83. The summed E-state index contributed by atoms with van der Waals surface area (Å²) in [6.45, 7) is 3.42. The molecular weight excluding hydrogens is 300 g/mol. The predicted molar refractivity (Wildman–Crippen MR) is 85.2 cm³/mol. The Labute approximate surface area is 134 Å². The Morgan fingerprint density at radius 2 is 1.78 bits per heavy atom. The molecule has 0 fully saturated rings. The molecule has 0 unspecified atom stereocenters. The van der Waals surface area contributed by atoms with Crippen LogP contribution >= 0.6 is 0 Å². The number of likely N-dealkylation sites (N-methyl/N-ethyl adjacent to an activating group) is 1. The molecule has 0 aliphatic carbocycles. The fourth-order valence-electron chi connectivity index (χ4n) is 1.76. The average molecular weight is 320 g/mol. The highest BCUT2D eigenvalue weighted by Crippen LogP contribution is 2.20. The third-order valence-electron chi connectivity index (χ3n) is 3.22. The number of rotatable bonds is 7. The molecule has 0 radical (unpaired) electrons. The van der Waals surface area contributed by atoms with Crippen LogP contribution in [0.15, 0.2) is 36.0 Å². The highest BCUT2D eigenvalue weighted by molar-refractivity contribution is 6.21. The van der Waals surface area contributed by atoms with Crippen LogP contribution in [0.4, 0.5) is 5.69 Å². The molecule has 0 spiro atoms. The van der Waals surface area contributed by atoms with Gasteiger partial charge in [-0.15, -0.1) is 0 Å². The van der Waals surface area contributed by atoms with Crippen molar-refractivity contribution in [2.24, 2.45) is 0 Å². The van der Waals surface area contributed by atoms with Crippen LogP contribution < -0.4 is 9.64 Å². The van der Waals surface area contributed by atoms with Gasteiger partial charge >= 0.3 is 5.97 Å². The zero-order valence-electron chi connectivity index (χ0n) is 13.5. The molecule has 124 valence electrons. The molecule has 7 nitrogen and oxygen atoms in total. The summed E-state index contributed by atoms with van der Waals surface area (Å²) >= 11 is 0. The van der Waals surface area contributed by atoms with Gasteiger partial charge in [-0.3, -0.25) is 9.59 Å². The van der Waals surface area contributed by atoms with Crippen LogP contribution in [-0.2, 0) is 14.4 Å². The summed E-state index contributed by atoms with van der Waals surface area (Å²) < 4.78 is 5.03. The van der Waals surface area contributed by atoms with Crippen molar-refractivity contribution in [3.05, 3.63) is 36.0 Å². The lowest BCUT2D eigenvalue weighted by molar-refractivity contribution is -0.134. The fourth-order valence-corrected chi connectivity index (χ4v) is 1.76. The predicted octanol–water partition coefficient (Wildman–Crippen LogP) is 1.49. The third-order valence-corrected chi connectivity index (χ3v) is 3.22. The van der Waals surface area contributed by atoms with E-state index in [1.54, 1.807) is 38.1 Å². The van der Waals surface area contributed by atoms with E-state index >= 15 is 0 Å². The summed E-state index contributed by atoms with van der Waals surface area (Å²) in [6.07, 6.45) is 1.52. The van der Waals surface area contributed by atoms with E-state index in [-0.39, 0.29) is 6.04 Å². The van der Waals surface area contributed by atoms with Crippen molar-refractivity contribution in [3.8, 4) is 5.75 Å². The van der Waals surface area contributed by atoms with Crippen molar-refractivity contribution < 1.29 is 24.2 Å². The molecule has 0 saturated heterocycles. The maximum Gasteiger partial charge on any atom is 0.342 e. The van der Waals surface area contributed by atoms with Crippen LogP contribution in [0.3, 0.4) is 0 Å². The Balaban J connectivity index is 3.11. The molecule has 0 bridgehead atoms. The number of ether oxygens (including phenoxy) is 1. The van der Waals surface area contributed by atoms with E-state index in [4.69, 9.17) is 4.74 Å². The largest absolute Gasteiger partial charge is 0.497 e. The second-order valence-electron chi connectivity index (χ2n) is 5.06. The van der Waals surface area contributed by atoms with Gasteiger partial charge in [0.25, 0.3) is 5.91 Å². The standard InChI is InChI=1S/C16H20N2O5/c1-11(2)18(10-19)9-14(16(21)22)15(20)17(3)12-5-7-13(23-4)8-6-12/h5-11H,1-4H3,(H,21,22)/b14-9+. The molecular formula is C16H20N2O5. The molecule has 7 heteroatoms. The molecule has 0 saturated carbocycles. The minimum absolute atomic E-state index is 0.263. The highest BCUT2D eigenvalue weighted by Gasteiger charge is 2.24. The number of benzene rings is 1. The number of methoxy groups -OCH3 is 1. The number of carbonyl (C=O) groups excluding carboxylic acids is 2. The maximum atomic E-state index is 12.4. The van der Waals surface area contributed by atoms with Crippen molar-refractivity contribution >= 4 is 24.0 Å². The average Bonchev–Trinajstić information content (AvgIpc) is 2.54. The molecule has 1 aromatic rings. The number of carbonyl (C=O) groups is 3. The van der Waals surface area contributed by atoms with Crippen LogP contribution in [0.5, 0.6) is 5.75 Å².